The van der Waals surface area contributed by atoms with Gasteiger partial charge in [-0.3, -0.25) is 9.69 Å². The van der Waals surface area contributed by atoms with Crippen LogP contribution in [0.2, 0.25) is 5.02 Å². The average molecular weight is 530 g/mol. The molecule has 0 fully saturated rings. The highest BCUT2D eigenvalue weighted by Gasteiger charge is 2.33. The van der Waals surface area contributed by atoms with Gasteiger partial charge in [-0.15, -0.1) is 11.3 Å². The maximum Gasteiger partial charge on any atom is 0.345 e. The monoisotopic (exact) mass is 529 g/mol. The summed E-state index contributed by atoms with van der Waals surface area (Å²) in [4.78, 5) is 29.3. The minimum atomic E-state index is -0.516. The number of halogens is 1. The molecule has 8 heteroatoms. The highest BCUT2D eigenvalue weighted by Crippen LogP contribution is 2.41. The lowest BCUT2D eigenvalue weighted by Gasteiger charge is -2.28. The van der Waals surface area contributed by atoms with Crippen molar-refractivity contribution in [2.75, 3.05) is 11.9 Å². The topological polar surface area (TPSA) is 70.7 Å². The van der Waals surface area contributed by atoms with Crippen LogP contribution in [0.5, 0.6) is 5.75 Å². The standard InChI is InChI=1S/C29H24ClN3O3S/c30-23-9-5-4-8-21(23)29(35)36-20-12-10-19(11-13-20)26-31-27(34)25-22-14-15-33(16-18-6-2-1-3-7-18)17-24(22)37-28(25)32-26/h1-13,26,32H,14-17H2,(H,31,34). The van der Waals surface area contributed by atoms with Crippen molar-refractivity contribution in [2.24, 2.45) is 0 Å². The quantitative estimate of drug-likeness (QED) is 0.244. The molecule has 2 N–H and O–H groups in total. The van der Waals surface area contributed by atoms with Crippen molar-refractivity contribution >= 4 is 39.8 Å². The van der Waals surface area contributed by atoms with Gasteiger partial charge in [0, 0.05) is 24.5 Å². The number of hydrogen-bond donors (Lipinski definition) is 2. The van der Waals surface area contributed by atoms with Gasteiger partial charge in [0.25, 0.3) is 5.91 Å². The van der Waals surface area contributed by atoms with E-state index in [0.29, 0.717) is 16.3 Å². The molecule has 1 atom stereocenters. The largest absolute Gasteiger partial charge is 0.423 e. The van der Waals surface area contributed by atoms with E-state index in [4.69, 9.17) is 16.3 Å². The number of esters is 1. The van der Waals surface area contributed by atoms with Crippen LogP contribution in [0.4, 0.5) is 5.00 Å². The average Bonchev–Trinajstić information content (AvgIpc) is 3.28. The second kappa shape index (κ2) is 10.0. The Morgan fingerprint density at radius 1 is 1.00 bits per heavy atom. The molecule has 0 aliphatic carbocycles. The third-order valence-corrected chi connectivity index (χ3v) is 8.16. The van der Waals surface area contributed by atoms with E-state index in [9.17, 15) is 9.59 Å². The van der Waals surface area contributed by atoms with Gasteiger partial charge < -0.3 is 15.4 Å². The first kappa shape index (κ1) is 23.7. The number of carbonyl (C=O) groups is 2. The van der Waals surface area contributed by atoms with E-state index >= 15 is 0 Å². The first-order chi connectivity index (χ1) is 18.0. The van der Waals surface area contributed by atoms with Crippen molar-refractivity contribution in [3.05, 3.63) is 117 Å². The van der Waals surface area contributed by atoms with Gasteiger partial charge in [0.1, 0.15) is 16.9 Å². The van der Waals surface area contributed by atoms with Gasteiger partial charge in [-0.1, -0.05) is 66.2 Å². The second-order valence-electron chi connectivity index (χ2n) is 9.14. The van der Waals surface area contributed by atoms with E-state index in [1.807, 2.05) is 18.2 Å². The Labute approximate surface area is 223 Å². The van der Waals surface area contributed by atoms with Crippen LogP contribution >= 0.6 is 22.9 Å². The predicted molar refractivity (Wildman–Crippen MR) is 145 cm³/mol. The molecule has 0 radical (unpaired) electrons. The number of amides is 1. The molecule has 0 saturated heterocycles. The molecule has 0 saturated carbocycles. The molecule has 6 nitrogen and oxygen atoms in total. The first-order valence-electron chi connectivity index (χ1n) is 12.1. The summed E-state index contributed by atoms with van der Waals surface area (Å²) in [5.74, 6) is -0.166. The Bertz CT molecular complexity index is 1470. The molecule has 186 valence electrons. The number of nitrogens with zero attached hydrogens (tertiary/aromatic N) is 1. The molecule has 0 bridgehead atoms. The zero-order chi connectivity index (χ0) is 25.4. The molecular weight excluding hydrogens is 506 g/mol. The Hall–Kier alpha value is -3.65. The van der Waals surface area contributed by atoms with Gasteiger partial charge in [-0.25, -0.2) is 4.79 Å². The third-order valence-electron chi connectivity index (χ3n) is 6.68. The summed E-state index contributed by atoms with van der Waals surface area (Å²) < 4.78 is 5.47. The fourth-order valence-electron chi connectivity index (χ4n) is 4.83. The summed E-state index contributed by atoms with van der Waals surface area (Å²) in [7, 11) is 0. The van der Waals surface area contributed by atoms with Crippen molar-refractivity contribution < 1.29 is 14.3 Å². The molecule has 1 aromatic heterocycles. The molecule has 4 aromatic rings. The molecule has 0 spiro atoms. The van der Waals surface area contributed by atoms with Crippen LogP contribution in [0.3, 0.4) is 0 Å². The lowest BCUT2D eigenvalue weighted by Crippen LogP contribution is -2.38. The maximum absolute atomic E-state index is 13.1. The summed E-state index contributed by atoms with van der Waals surface area (Å²) in [6, 6.07) is 24.4. The van der Waals surface area contributed by atoms with Crippen LogP contribution < -0.4 is 15.4 Å². The number of benzene rings is 3. The van der Waals surface area contributed by atoms with Crippen molar-refractivity contribution in [2.45, 2.75) is 25.7 Å². The molecule has 3 aromatic carbocycles. The molecule has 1 amide bonds. The number of thiophene rings is 1. The molecule has 2 aliphatic heterocycles. The number of anilines is 1. The van der Waals surface area contributed by atoms with Gasteiger partial charge in [-0.2, -0.15) is 0 Å². The summed E-state index contributed by atoms with van der Waals surface area (Å²) >= 11 is 7.77. The van der Waals surface area contributed by atoms with Gasteiger partial charge in [0.2, 0.25) is 0 Å². The van der Waals surface area contributed by atoms with E-state index in [1.54, 1.807) is 47.7 Å². The SMILES string of the molecule is O=C(Oc1ccc(C2NC(=O)c3c(sc4c3CCN(Cc3ccccc3)C4)N2)cc1)c1ccccc1Cl. The number of hydrogen-bond acceptors (Lipinski definition) is 6. The van der Waals surface area contributed by atoms with Crippen LogP contribution in [0.15, 0.2) is 78.9 Å². The Morgan fingerprint density at radius 3 is 2.54 bits per heavy atom. The number of carbonyl (C=O) groups excluding carboxylic acids is 2. The highest BCUT2D eigenvalue weighted by atomic mass is 35.5. The van der Waals surface area contributed by atoms with E-state index < -0.39 is 5.97 Å². The minimum Gasteiger partial charge on any atom is -0.423 e. The fraction of sp³-hybridized carbons (Fsp3) is 0.172. The Kier molecular flexibility index (Phi) is 6.42. The van der Waals surface area contributed by atoms with Crippen molar-refractivity contribution in [1.82, 2.24) is 10.2 Å². The first-order valence-corrected chi connectivity index (χ1v) is 13.3. The molecule has 1 unspecified atom stereocenters. The van der Waals surface area contributed by atoms with Crippen LogP contribution in [0.1, 0.15) is 48.4 Å². The smallest absolute Gasteiger partial charge is 0.345 e. The molecule has 37 heavy (non-hydrogen) atoms. The number of rotatable bonds is 5. The van der Waals surface area contributed by atoms with E-state index in [-0.39, 0.29) is 12.1 Å². The normalized spacial score (nSPS) is 16.8. The zero-order valence-corrected chi connectivity index (χ0v) is 21.4. The summed E-state index contributed by atoms with van der Waals surface area (Å²) in [5.41, 5.74) is 4.42. The fourth-order valence-corrected chi connectivity index (χ4v) is 6.36. The lowest BCUT2D eigenvalue weighted by molar-refractivity contribution is 0.0734. The summed E-state index contributed by atoms with van der Waals surface area (Å²) in [5, 5.41) is 7.84. The van der Waals surface area contributed by atoms with Crippen molar-refractivity contribution in [3.8, 4) is 5.75 Å². The van der Waals surface area contributed by atoms with Gasteiger partial charge >= 0.3 is 5.97 Å². The Balaban J connectivity index is 1.15. The lowest BCUT2D eigenvalue weighted by atomic mass is 10.00. The zero-order valence-electron chi connectivity index (χ0n) is 19.9. The predicted octanol–water partition coefficient (Wildman–Crippen LogP) is 6.03. The number of fused-ring (bicyclic) bond motifs is 3. The van der Waals surface area contributed by atoms with Crippen LogP contribution in [-0.4, -0.2) is 23.3 Å². The molecule has 2 aliphatic rings. The van der Waals surface area contributed by atoms with Gasteiger partial charge in [0.15, 0.2) is 0 Å². The van der Waals surface area contributed by atoms with E-state index in [2.05, 4.69) is 39.8 Å². The number of ether oxygens (including phenoxy) is 1. The van der Waals surface area contributed by atoms with Crippen LogP contribution in [0, 0.1) is 0 Å². The van der Waals surface area contributed by atoms with Crippen LogP contribution in [0.25, 0.3) is 0 Å². The van der Waals surface area contributed by atoms with Crippen molar-refractivity contribution in [3.63, 3.8) is 0 Å². The van der Waals surface area contributed by atoms with Gasteiger partial charge in [0.05, 0.1) is 16.1 Å². The molecular formula is C29H24ClN3O3S. The van der Waals surface area contributed by atoms with E-state index in [0.717, 1.165) is 47.7 Å². The highest BCUT2D eigenvalue weighted by molar-refractivity contribution is 7.16. The minimum absolute atomic E-state index is 0.0537. The molecule has 3 heterocycles. The van der Waals surface area contributed by atoms with Crippen molar-refractivity contribution in [1.29, 1.82) is 0 Å². The van der Waals surface area contributed by atoms with Gasteiger partial charge in [-0.05, 0) is 47.4 Å². The summed E-state index contributed by atoms with van der Waals surface area (Å²) in [6.45, 7) is 2.67. The third kappa shape index (κ3) is 4.85. The molecule has 6 rings (SSSR count). The maximum atomic E-state index is 13.1. The second-order valence-corrected chi connectivity index (χ2v) is 10.7. The van der Waals surface area contributed by atoms with Crippen LogP contribution in [-0.2, 0) is 19.5 Å². The number of nitrogens with one attached hydrogen (secondary N) is 2. The summed E-state index contributed by atoms with van der Waals surface area (Å²) in [6.07, 6.45) is 0.494. The Morgan fingerprint density at radius 2 is 1.76 bits per heavy atom. The van der Waals surface area contributed by atoms with E-state index in [1.165, 1.54) is 10.4 Å².